The SMILES string of the molecule is O=C(Cn1c(=O)c2cccn2c2ccccc21)NCc1ccccc1F. The van der Waals surface area contributed by atoms with Crippen molar-refractivity contribution in [1.82, 2.24) is 14.3 Å². The molecule has 0 bridgehead atoms. The minimum absolute atomic E-state index is 0.0750. The Balaban J connectivity index is 1.66. The highest BCUT2D eigenvalue weighted by Gasteiger charge is 2.13. The van der Waals surface area contributed by atoms with Crippen LogP contribution in [0.25, 0.3) is 16.6 Å². The van der Waals surface area contributed by atoms with Gasteiger partial charge in [-0.3, -0.25) is 14.2 Å². The fourth-order valence-electron chi connectivity index (χ4n) is 3.10. The Bertz CT molecular complexity index is 1180. The number of para-hydroxylation sites is 2. The molecule has 130 valence electrons. The number of halogens is 1. The molecule has 2 aromatic heterocycles. The van der Waals surface area contributed by atoms with E-state index in [0.717, 1.165) is 5.52 Å². The third-order valence-corrected chi connectivity index (χ3v) is 4.38. The number of carbonyl (C=O) groups excluding carboxylic acids is 1. The normalized spacial score (nSPS) is 11.1. The number of amides is 1. The van der Waals surface area contributed by atoms with E-state index in [1.165, 1.54) is 10.6 Å². The lowest BCUT2D eigenvalue weighted by Crippen LogP contribution is -2.33. The van der Waals surface area contributed by atoms with Gasteiger partial charge in [0.25, 0.3) is 5.56 Å². The number of nitrogens with one attached hydrogen (secondary N) is 1. The molecular weight excluding hydrogens is 333 g/mol. The van der Waals surface area contributed by atoms with Crippen LogP contribution in [-0.2, 0) is 17.9 Å². The van der Waals surface area contributed by atoms with Crippen molar-refractivity contribution in [3.05, 3.63) is 88.6 Å². The second kappa shape index (κ2) is 6.48. The molecule has 0 unspecified atom stereocenters. The third kappa shape index (κ3) is 2.75. The zero-order valence-corrected chi connectivity index (χ0v) is 13.9. The highest BCUT2D eigenvalue weighted by molar-refractivity contribution is 5.82. The molecule has 0 saturated carbocycles. The first-order valence-corrected chi connectivity index (χ1v) is 8.24. The molecule has 6 heteroatoms. The van der Waals surface area contributed by atoms with Gasteiger partial charge in [-0.25, -0.2) is 4.39 Å². The predicted octanol–water partition coefficient (Wildman–Crippen LogP) is 2.71. The largest absolute Gasteiger partial charge is 0.350 e. The predicted molar refractivity (Wildman–Crippen MR) is 97.4 cm³/mol. The van der Waals surface area contributed by atoms with Crippen LogP contribution in [0, 0.1) is 5.82 Å². The summed E-state index contributed by atoms with van der Waals surface area (Å²) in [4.78, 5) is 25.1. The highest BCUT2D eigenvalue weighted by Crippen LogP contribution is 2.15. The van der Waals surface area contributed by atoms with Gasteiger partial charge in [0.1, 0.15) is 17.9 Å². The summed E-state index contributed by atoms with van der Waals surface area (Å²) in [5.41, 5.74) is 2.18. The van der Waals surface area contributed by atoms with Crippen LogP contribution in [0.3, 0.4) is 0 Å². The number of carbonyl (C=O) groups is 1. The molecule has 5 nitrogen and oxygen atoms in total. The molecule has 2 heterocycles. The first kappa shape index (κ1) is 16.1. The van der Waals surface area contributed by atoms with Crippen LogP contribution in [0.2, 0.25) is 0 Å². The second-order valence-electron chi connectivity index (χ2n) is 6.01. The summed E-state index contributed by atoms with van der Waals surface area (Å²) in [6.07, 6.45) is 1.82. The Morgan fingerprint density at radius 3 is 2.42 bits per heavy atom. The van der Waals surface area contributed by atoms with Gasteiger partial charge in [-0.1, -0.05) is 30.3 Å². The van der Waals surface area contributed by atoms with Crippen molar-refractivity contribution < 1.29 is 9.18 Å². The summed E-state index contributed by atoms with van der Waals surface area (Å²) >= 11 is 0. The van der Waals surface area contributed by atoms with Gasteiger partial charge in [-0.15, -0.1) is 0 Å². The standard InChI is InChI=1S/C20H16FN3O2/c21-15-7-2-1-6-14(15)12-22-19(25)13-24-17-9-4-3-8-16(17)23-11-5-10-18(23)20(24)26/h1-11H,12-13H2,(H,22,25). The van der Waals surface area contributed by atoms with E-state index >= 15 is 0 Å². The zero-order chi connectivity index (χ0) is 18.1. The van der Waals surface area contributed by atoms with Crippen LogP contribution in [0.1, 0.15) is 5.56 Å². The van der Waals surface area contributed by atoms with E-state index in [1.54, 1.807) is 36.4 Å². The van der Waals surface area contributed by atoms with Gasteiger partial charge in [-0.05, 0) is 30.3 Å². The van der Waals surface area contributed by atoms with E-state index in [1.807, 2.05) is 28.8 Å². The molecule has 4 rings (SSSR count). The van der Waals surface area contributed by atoms with Crippen LogP contribution in [0.4, 0.5) is 4.39 Å². The molecule has 0 radical (unpaired) electrons. The zero-order valence-electron chi connectivity index (χ0n) is 13.9. The van der Waals surface area contributed by atoms with Crippen molar-refractivity contribution in [2.75, 3.05) is 0 Å². The number of rotatable bonds is 4. The molecule has 0 fully saturated rings. The first-order valence-electron chi connectivity index (χ1n) is 8.24. The van der Waals surface area contributed by atoms with Gasteiger partial charge in [-0.2, -0.15) is 0 Å². The smallest absolute Gasteiger partial charge is 0.275 e. The number of hydrogen-bond donors (Lipinski definition) is 1. The molecule has 0 spiro atoms. The summed E-state index contributed by atoms with van der Waals surface area (Å²) in [5, 5.41) is 2.68. The Morgan fingerprint density at radius 1 is 0.923 bits per heavy atom. The van der Waals surface area contributed by atoms with Crippen LogP contribution in [0.15, 0.2) is 71.7 Å². The van der Waals surface area contributed by atoms with E-state index in [9.17, 15) is 14.0 Å². The number of hydrogen-bond acceptors (Lipinski definition) is 2. The van der Waals surface area contributed by atoms with Crippen LogP contribution < -0.4 is 10.9 Å². The monoisotopic (exact) mass is 349 g/mol. The van der Waals surface area contributed by atoms with Gasteiger partial charge in [0, 0.05) is 18.3 Å². The Hall–Kier alpha value is -3.41. The molecule has 2 aromatic carbocycles. The summed E-state index contributed by atoms with van der Waals surface area (Å²) in [6.45, 7) is -0.0545. The molecule has 0 saturated heterocycles. The second-order valence-corrected chi connectivity index (χ2v) is 6.01. The molecule has 0 aliphatic carbocycles. The van der Waals surface area contributed by atoms with Crippen molar-refractivity contribution in [3.63, 3.8) is 0 Å². The number of benzene rings is 2. The van der Waals surface area contributed by atoms with E-state index in [4.69, 9.17) is 0 Å². The minimum Gasteiger partial charge on any atom is -0.350 e. The molecule has 1 N–H and O–H groups in total. The summed E-state index contributed by atoms with van der Waals surface area (Å²) < 4.78 is 16.9. The fraction of sp³-hybridized carbons (Fsp3) is 0.100. The summed E-state index contributed by atoms with van der Waals surface area (Å²) in [6, 6.07) is 17.2. The number of nitrogens with zero attached hydrogens (tertiary/aromatic N) is 2. The Labute approximate surface area is 148 Å². The van der Waals surface area contributed by atoms with Gasteiger partial charge in [0.15, 0.2) is 0 Å². The lowest BCUT2D eigenvalue weighted by atomic mass is 10.2. The van der Waals surface area contributed by atoms with Crippen molar-refractivity contribution in [2.24, 2.45) is 0 Å². The van der Waals surface area contributed by atoms with Gasteiger partial charge in [0.05, 0.1) is 11.0 Å². The van der Waals surface area contributed by atoms with Crippen LogP contribution in [-0.4, -0.2) is 14.9 Å². The van der Waals surface area contributed by atoms with Crippen LogP contribution >= 0.6 is 0 Å². The average Bonchev–Trinajstić information content (AvgIpc) is 3.15. The van der Waals surface area contributed by atoms with Gasteiger partial charge < -0.3 is 9.72 Å². The molecule has 1 amide bonds. The fourth-order valence-corrected chi connectivity index (χ4v) is 3.10. The number of aromatic nitrogens is 2. The lowest BCUT2D eigenvalue weighted by Gasteiger charge is -2.13. The molecule has 0 aliphatic rings. The van der Waals surface area contributed by atoms with Crippen molar-refractivity contribution >= 4 is 22.5 Å². The van der Waals surface area contributed by atoms with Crippen molar-refractivity contribution in [1.29, 1.82) is 0 Å². The molecule has 0 aliphatic heterocycles. The molecule has 0 atom stereocenters. The lowest BCUT2D eigenvalue weighted by molar-refractivity contribution is -0.121. The Morgan fingerprint density at radius 2 is 1.62 bits per heavy atom. The van der Waals surface area contributed by atoms with E-state index < -0.39 is 0 Å². The van der Waals surface area contributed by atoms with Gasteiger partial charge in [0.2, 0.25) is 5.91 Å². The summed E-state index contributed by atoms with van der Waals surface area (Å²) in [7, 11) is 0. The van der Waals surface area contributed by atoms with E-state index in [0.29, 0.717) is 16.6 Å². The number of fused-ring (bicyclic) bond motifs is 3. The van der Waals surface area contributed by atoms with Crippen molar-refractivity contribution in [3.8, 4) is 0 Å². The maximum atomic E-state index is 13.7. The third-order valence-electron chi connectivity index (χ3n) is 4.38. The average molecular weight is 349 g/mol. The van der Waals surface area contributed by atoms with E-state index in [2.05, 4.69) is 5.32 Å². The minimum atomic E-state index is -0.370. The molecule has 4 aromatic rings. The maximum Gasteiger partial charge on any atom is 0.275 e. The maximum absolute atomic E-state index is 13.7. The first-order chi connectivity index (χ1) is 12.6. The summed E-state index contributed by atoms with van der Waals surface area (Å²) in [5.74, 6) is -0.721. The van der Waals surface area contributed by atoms with Crippen molar-refractivity contribution in [2.45, 2.75) is 13.1 Å². The topological polar surface area (TPSA) is 55.5 Å². The van der Waals surface area contributed by atoms with Gasteiger partial charge >= 0.3 is 0 Å². The molecular formula is C20H16FN3O2. The van der Waals surface area contributed by atoms with Crippen LogP contribution in [0.5, 0.6) is 0 Å². The quantitative estimate of drug-likeness (QED) is 0.616. The highest BCUT2D eigenvalue weighted by atomic mass is 19.1. The van der Waals surface area contributed by atoms with E-state index in [-0.39, 0.29) is 30.4 Å². The Kier molecular flexibility index (Phi) is 4.01. The molecule has 26 heavy (non-hydrogen) atoms.